The van der Waals surface area contributed by atoms with Gasteiger partial charge in [-0.1, -0.05) is 47.1 Å². The van der Waals surface area contributed by atoms with Crippen LogP contribution < -0.4 is 15.4 Å². The highest BCUT2D eigenvalue weighted by Crippen LogP contribution is 2.21. The molecule has 176 valence electrons. The normalized spacial score (nSPS) is 10.9. The van der Waals surface area contributed by atoms with Gasteiger partial charge < -0.3 is 19.9 Å². The van der Waals surface area contributed by atoms with Crippen molar-refractivity contribution in [2.45, 2.75) is 20.4 Å². The van der Waals surface area contributed by atoms with Crippen molar-refractivity contribution in [1.29, 1.82) is 0 Å². The van der Waals surface area contributed by atoms with Crippen LogP contribution in [-0.4, -0.2) is 51.4 Å². The Kier molecular flexibility index (Phi) is 7.07. The molecule has 0 saturated heterocycles. The average molecular weight is 483 g/mol. The van der Waals surface area contributed by atoms with E-state index in [9.17, 15) is 9.59 Å². The fraction of sp³-hybridized carbons (Fsp3) is 0.261. The number of amides is 2. The summed E-state index contributed by atoms with van der Waals surface area (Å²) >= 11 is 6.14. The summed E-state index contributed by atoms with van der Waals surface area (Å²) in [5.41, 5.74) is 1.47. The second kappa shape index (κ2) is 10.3. The van der Waals surface area contributed by atoms with Crippen LogP contribution in [0, 0.1) is 13.8 Å². The van der Waals surface area contributed by atoms with Gasteiger partial charge in [-0.05, 0) is 36.8 Å². The van der Waals surface area contributed by atoms with Crippen molar-refractivity contribution in [3.05, 3.63) is 70.6 Å². The largest absolute Gasteiger partial charge is 0.484 e. The fourth-order valence-electron chi connectivity index (χ4n) is 3.28. The predicted octanol–water partition coefficient (Wildman–Crippen LogP) is 2.66. The van der Waals surface area contributed by atoms with Crippen LogP contribution in [0.25, 0.3) is 10.8 Å². The number of aromatic nitrogens is 4. The SMILES string of the molecule is Cc1nn(Cc2noc(C(=O)NCCNC(=O)COc3ccc4ccccc4c3)n2)c(C)c1Cl. The fourth-order valence-corrected chi connectivity index (χ4v) is 3.42. The van der Waals surface area contributed by atoms with Crippen LogP contribution in [0.15, 0.2) is 47.0 Å². The lowest BCUT2D eigenvalue weighted by Crippen LogP contribution is -2.36. The summed E-state index contributed by atoms with van der Waals surface area (Å²) in [6, 6.07) is 13.5. The van der Waals surface area contributed by atoms with Gasteiger partial charge in [-0.15, -0.1) is 0 Å². The third kappa shape index (κ3) is 5.52. The monoisotopic (exact) mass is 482 g/mol. The van der Waals surface area contributed by atoms with E-state index in [-0.39, 0.29) is 38.0 Å². The molecule has 0 spiro atoms. The lowest BCUT2D eigenvalue weighted by molar-refractivity contribution is -0.123. The molecule has 0 unspecified atom stereocenters. The van der Waals surface area contributed by atoms with Crippen molar-refractivity contribution < 1.29 is 18.8 Å². The molecular formula is C23H23ClN6O4. The number of carbonyl (C=O) groups is 2. The molecule has 10 nitrogen and oxygen atoms in total. The van der Waals surface area contributed by atoms with E-state index < -0.39 is 5.91 Å². The lowest BCUT2D eigenvalue weighted by Gasteiger charge is -2.08. The minimum Gasteiger partial charge on any atom is -0.484 e. The summed E-state index contributed by atoms with van der Waals surface area (Å²) in [5.74, 6) is -0.102. The van der Waals surface area contributed by atoms with Gasteiger partial charge in [-0.3, -0.25) is 14.3 Å². The lowest BCUT2D eigenvalue weighted by atomic mass is 10.1. The van der Waals surface area contributed by atoms with E-state index in [1.807, 2.05) is 49.4 Å². The van der Waals surface area contributed by atoms with E-state index in [1.54, 1.807) is 11.6 Å². The molecule has 2 amide bonds. The van der Waals surface area contributed by atoms with Crippen molar-refractivity contribution in [2.24, 2.45) is 0 Å². The van der Waals surface area contributed by atoms with E-state index in [1.165, 1.54) is 0 Å². The molecule has 4 aromatic rings. The van der Waals surface area contributed by atoms with Crippen molar-refractivity contribution in [3.63, 3.8) is 0 Å². The smallest absolute Gasteiger partial charge is 0.316 e. The number of hydrogen-bond donors (Lipinski definition) is 2. The van der Waals surface area contributed by atoms with E-state index >= 15 is 0 Å². The van der Waals surface area contributed by atoms with Gasteiger partial charge in [0.25, 0.3) is 5.91 Å². The van der Waals surface area contributed by atoms with Gasteiger partial charge in [-0.25, -0.2) is 0 Å². The Morgan fingerprint density at radius 1 is 1.09 bits per heavy atom. The molecule has 0 bridgehead atoms. The molecule has 2 heterocycles. The summed E-state index contributed by atoms with van der Waals surface area (Å²) in [4.78, 5) is 28.3. The second-order valence-electron chi connectivity index (χ2n) is 7.56. The number of nitrogens with zero attached hydrogens (tertiary/aromatic N) is 4. The maximum atomic E-state index is 12.2. The molecule has 0 saturated carbocycles. The van der Waals surface area contributed by atoms with Gasteiger partial charge in [-0.2, -0.15) is 10.1 Å². The minimum atomic E-state index is -0.535. The summed E-state index contributed by atoms with van der Waals surface area (Å²) in [6.45, 7) is 4.13. The number of hydrogen-bond acceptors (Lipinski definition) is 7. The van der Waals surface area contributed by atoms with Crippen molar-refractivity contribution in [3.8, 4) is 5.75 Å². The van der Waals surface area contributed by atoms with Gasteiger partial charge in [0, 0.05) is 13.1 Å². The maximum Gasteiger partial charge on any atom is 0.316 e. The molecule has 2 aromatic carbocycles. The number of nitrogens with one attached hydrogen (secondary N) is 2. The second-order valence-corrected chi connectivity index (χ2v) is 7.94. The summed E-state index contributed by atoms with van der Waals surface area (Å²) in [5, 5.41) is 16.1. The van der Waals surface area contributed by atoms with E-state index in [4.69, 9.17) is 20.9 Å². The molecule has 0 atom stereocenters. The molecule has 34 heavy (non-hydrogen) atoms. The first-order chi connectivity index (χ1) is 16.4. The average Bonchev–Trinajstić information content (AvgIpc) is 3.41. The molecule has 11 heteroatoms. The number of ether oxygens (including phenoxy) is 1. The number of rotatable bonds is 9. The van der Waals surface area contributed by atoms with E-state index in [0.29, 0.717) is 22.3 Å². The Hall–Kier alpha value is -3.92. The van der Waals surface area contributed by atoms with Crippen molar-refractivity contribution >= 4 is 34.2 Å². The predicted molar refractivity (Wildman–Crippen MR) is 125 cm³/mol. The first-order valence-corrected chi connectivity index (χ1v) is 11.0. The first-order valence-electron chi connectivity index (χ1n) is 10.6. The topological polar surface area (TPSA) is 124 Å². The molecule has 0 aliphatic carbocycles. The molecule has 2 aromatic heterocycles. The van der Waals surface area contributed by atoms with Crippen LogP contribution in [0.3, 0.4) is 0 Å². The Morgan fingerprint density at radius 3 is 2.62 bits per heavy atom. The Bertz CT molecular complexity index is 1330. The molecular weight excluding hydrogens is 460 g/mol. The number of halogens is 1. The third-order valence-electron chi connectivity index (χ3n) is 5.07. The number of benzene rings is 2. The van der Waals surface area contributed by atoms with Crippen molar-refractivity contribution in [2.75, 3.05) is 19.7 Å². The zero-order chi connectivity index (χ0) is 24.1. The third-order valence-corrected chi connectivity index (χ3v) is 5.62. The Labute approximate surface area is 200 Å². The van der Waals surface area contributed by atoms with Crippen LogP contribution in [-0.2, 0) is 11.3 Å². The van der Waals surface area contributed by atoms with Crippen LogP contribution >= 0.6 is 11.6 Å². The maximum absolute atomic E-state index is 12.2. The van der Waals surface area contributed by atoms with Gasteiger partial charge >= 0.3 is 11.8 Å². The summed E-state index contributed by atoms with van der Waals surface area (Å²) in [6.07, 6.45) is 0. The zero-order valence-electron chi connectivity index (χ0n) is 18.7. The Morgan fingerprint density at radius 2 is 1.85 bits per heavy atom. The molecule has 2 N–H and O–H groups in total. The number of fused-ring (bicyclic) bond motifs is 1. The quantitative estimate of drug-likeness (QED) is 0.351. The molecule has 4 rings (SSSR count). The Balaban J connectivity index is 1.18. The zero-order valence-corrected chi connectivity index (χ0v) is 19.4. The first kappa shape index (κ1) is 23.2. The summed E-state index contributed by atoms with van der Waals surface area (Å²) < 4.78 is 12.2. The highest BCUT2D eigenvalue weighted by atomic mass is 35.5. The van der Waals surface area contributed by atoms with E-state index in [0.717, 1.165) is 16.5 Å². The van der Waals surface area contributed by atoms with Gasteiger partial charge in [0.15, 0.2) is 12.4 Å². The standard InChI is InChI=1S/C23H23ClN6O4/c1-14-21(24)15(2)30(28-14)12-19-27-23(34-29-19)22(32)26-10-9-25-20(31)13-33-18-8-7-16-5-3-4-6-17(16)11-18/h3-8,11H,9-10,12-13H2,1-2H3,(H,25,31)(H,26,32). The van der Waals surface area contributed by atoms with Crippen LogP contribution in [0.1, 0.15) is 27.9 Å². The molecule has 0 aliphatic rings. The van der Waals surface area contributed by atoms with Crippen LogP contribution in [0.4, 0.5) is 0 Å². The van der Waals surface area contributed by atoms with Gasteiger partial charge in [0.2, 0.25) is 0 Å². The number of carbonyl (C=O) groups excluding carboxylic acids is 2. The van der Waals surface area contributed by atoms with Crippen LogP contribution in [0.2, 0.25) is 5.02 Å². The molecule has 0 radical (unpaired) electrons. The van der Waals surface area contributed by atoms with Crippen LogP contribution in [0.5, 0.6) is 5.75 Å². The van der Waals surface area contributed by atoms with Crippen molar-refractivity contribution in [1.82, 2.24) is 30.6 Å². The highest BCUT2D eigenvalue weighted by molar-refractivity contribution is 6.31. The number of aryl methyl sites for hydroxylation is 1. The van der Waals surface area contributed by atoms with Gasteiger partial charge in [0.1, 0.15) is 12.3 Å². The van der Waals surface area contributed by atoms with E-state index in [2.05, 4.69) is 25.9 Å². The minimum absolute atomic E-state index is 0.129. The summed E-state index contributed by atoms with van der Waals surface area (Å²) in [7, 11) is 0. The molecule has 0 aliphatic heterocycles. The molecule has 0 fully saturated rings. The van der Waals surface area contributed by atoms with Gasteiger partial charge in [0.05, 0.1) is 16.4 Å². The highest BCUT2D eigenvalue weighted by Gasteiger charge is 2.17.